The molecule has 0 radical (unpaired) electrons. The Morgan fingerprint density at radius 3 is 2.18 bits per heavy atom. The van der Waals surface area contributed by atoms with Crippen LogP contribution in [0.25, 0.3) is 32.9 Å². The summed E-state index contributed by atoms with van der Waals surface area (Å²) in [5.74, 6) is 0.915. The van der Waals surface area contributed by atoms with Crippen molar-refractivity contribution in [3.8, 4) is 34.3 Å². The number of rotatable bonds is 11. The lowest BCUT2D eigenvalue weighted by Crippen LogP contribution is -2.43. The third-order valence-corrected chi connectivity index (χ3v) is 7.35. The van der Waals surface area contributed by atoms with Crippen molar-refractivity contribution in [3.05, 3.63) is 90.0 Å². The molecule has 5 aromatic rings. The van der Waals surface area contributed by atoms with E-state index in [0.29, 0.717) is 50.7 Å². The van der Waals surface area contributed by atoms with E-state index in [2.05, 4.69) is 5.32 Å². The van der Waals surface area contributed by atoms with E-state index < -0.39 is 17.9 Å². The second-order valence-corrected chi connectivity index (χ2v) is 10.0. The molecule has 0 bridgehead atoms. The monoisotopic (exact) mass is 594 g/mol. The fourth-order valence-electron chi connectivity index (χ4n) is 5.17. The first-order valence-electron chi connectivity index (χ1n) is 14.1. The predicted molar refractivity (Wildman–Crippen MR) is 169 cm³/mol. The Kier molecular flexibility index (Phi) is 9.14. The number of hydrogen-bond donors (Lipinski definition) is 1. The van der Waals surface area contributed by atoms with E-state index >= 15 is 0 Å². The third-order valence-electron chi connectivity index (χ3n) is 7.35. The molecule has 1 atom stereocenters. The number of esters is 1. The van der Waals surface area contributed by atoms with Gasteiger partial charge in [0.15, 0.2) is 11.5 Å². The fraction of sp³-hybridized carbons (Fsp3) is 0.229. The van der Waals surface area contributed by atoms with Gasteiger partial charge in [-0.3, -0.25) is 4.79 Å². The molecule has 1 unspecified atom stereocenters. The van der Waals surface area contributed by atoms with Crippen LogP contribution in [0.4, 0.5) is 0 Å². The molecule has 44 heavy (non-hydrogen) atoms. The van der Waals surface area contributed by atoms with Crippen LogP contribution in [-0.4, -0.2) is 57.9 Å². The van der Waals surface area contributed by atoms with E-state index in [1.165, 1.54) is 21.3 Å². The van der Waals surface area contributed by atoms with Gasteiger partial charge in [0.05, 0.1) is 51.8 Å². The molecule has 1 heterocycles. The summed E-state index contributed by atoms with van der Waals surface area (Å²) >= 11 is 0. The standard InChI is InChI=1S/C35H34N2O7/c1-6-44-35(39)30(16-21-11-12-22-9-7-8-10-23(22)15-21)37-34(38)27-20-29(36-28-14-13-25(40-2)19-26(27)28)24-17-31(41-3)33(43-5)32(18-24)42-4/h7-15,17-20,30H,6,16H2,1-5H3,(H,37,38). The Labute approximate surface area is 255 Å². The van der Waals surface area contributed by atoms with Gasteiger partial charge in [0.25, 0.3) is 5.91 Å². The fourth-order valence-corrected chi connectivity index (χ4v) is 5.17. The van der Waals surface area contributed by atoms with Crippen molar-refractivity contribution in [1.82, 2.24) is 10.3 Å². The number of methoxy groups -OCH3 is 4. The first-order chi connectivity index (χ1) is 21.4. The molecule has 226 valence electrons. The first-order valence-corrected chi connectivity index (χ1v) is 14.1. The van der Waals surface area contributed by atoms with Gasteiger partial charge in [0.2, 0.25) is 5.75 Å². The van der Waals surface area contributed by atoms with Gasteiger partial charge in [-0.1, -0.05) is 42.5 Å². The molecule has 0 saturated heterocycles. The largest absolute Gasteiger partial charge is 0.497 e. The molecule has 9 heteroatoms. The predicted octanol–water partition coefficient (Wildman–Crippen LogP) is 5.99. The van der Waals surface area contributed by atoms with Gasteiger partial charge in [-0.15, -0.1) is 0 Å². The molecule has 0 aliphatic rings. The zero-order valence-electron chi connectivity index (χ0n) is 25.3. The van der Waals surface area contributed by atoms with Crippen LogP contribution in [-0.2, 0) is 16.0 Å². The third kappa shape index (κ3) is 6.22. The average Bonchev–Trinajstić information content (AvgIpc) is 3.06. The summed E-state index contributed by atoms with van der Waals surface area (Å²) in [5, 5.41) is 5.63. The lowest BCUT2D eigenvalue weighted by molar-refractivity contribution is -0.145. The molecule has 4 aromatic carbocycles. The number of amides is 1. The molecular weight excluding hydrogens is 560 g/mol. The van der Waals surface area contributed by atoms with Crippen LogP contribution >= 0.6 is 0 Å². The highest BCUT2D eigenvalue weighted by Gasteiger charge is 2.25. The van der Waals surface area contributed by atoms with E-state index in [1.807, 2.05) is 42.5 Å². The van der Waals surface area contributed by atoms with Crippen LogP contribution in [0.5, 0.6) is 23.0 Å². The molecule has 9 nitrogen and oxygen atoms in total. The highest BCUT2D eigenvalue weighted by atomic mass is 16.5. The number of ether oxygens (including phenoxy) is 5. The first kappa shape index (κ1) is 30.2. The van der Waals surface area contributed by atoms with Crippen LogP contribution in [0.1, 0.15) is 22.8 Å². The van der Waals surface area contributed by atoms with Crippen LogP contribution in [0.2, 0.25) is 0 Å². The van der Waals surface area contributed by atoms with Crippen molar-refractivity contribution in [2.75, 3.05) is 35.0 Å². The molecule has 5 rings (SSSR count). The molecule has 0 fully saturated rings. The molecule has 0 spiro atoms. The Bertz CT molecular complexity index is 1810. The van der Waals surface area contributed by atoms with E-state index in [0.717, 1.165) is 16.3 Å². The van der Waals surface area contributed by atoms with E-state index in [1.54, 1.807) is 50.4 Å². The van der Waals surface area contributed by atoms with Crippen molar-refractivity contribution in [1.29, 1.82) is 0 Å². The van der Waals surface area contributed by atoms with Crippen LogP contribution in [0, 0.1) is 0 Å². The minimum absolute atomic E-state index is 0.184. The van der Waals surface area contributed by atoms with Gasteiger partial charge >= 0.3 is 5.97 Å². The number of hydrogen-bond acceptors (Lipinski definition) is 8. The highest BCUT2D eigenvalue weighted by molar-refractivity contribution is 6.08. The maximum absolute atomic E-state index is 14.1. The van der Waals surface area contributed by atoms with Gasteiger partial charge in [-0.2, -0.15) is 0 Å². The average molecular weight is 595 g/mol. The molecule has 0 saturated carbocycles. The summed E-state index contributed by atoms with van der Waals surface area (Å²) in [4.78, 5) is 32.0. The number of nitrogens with zero attached hydrogens (tertiary/aromatic N) is 1. The number of nitrogens with one attached hydrogen (secondary N) is 1. The van der Waals surface area contributed by atoms with Gasteiger partial charge < -0.3 is 29.0 Å². The van der Waals surface area contributed by atoms with Crippen LogP contribution in [0.3, 0.4) is 0 Å². The summed E-state index contributed by atoms with van der Waals surface area (Å²) in [6.07, 6.45) is 0.251. The number of pyridine rings is 1. The smallest absolute Gasteiger partial charge is 0.328 e. The molecular formula is C35H34N2O7. The summed E-state index contributed by atoms with van der Waals surface area (Å²) in [6, 6.07) is 23.5. The molecule has 1 N–H and O–H groups in total. The summed E-state index contributed by atoms with van der Waals surface area (Å²) in [6.45, 7) is 1.92. The minimum Gasteiger partial charge on any atom is -0.497 e. The van der Waals surface area contributed by atoms with Crippen molar-refractivity contribution in [3.63, 3.8) is 0 Å². The molecule has 1 amide bonds. The SMILES string of the molecule is CCOC(=O)C(Cc1ccc2ccccc2c1)NC(=O)c1cc(-c2cc(OC)c(OC)c(OC)c2)nc2ccc(OC)cc12. The maximum Gasteiger partial charge on any atom is 0.328 e. The Morgan fingerprint density at radius 2 is 1.52 bits per heavy atom. The van der Waals surface area contributed by atoms with E-state index in [4.69, 9.17) is 28.7 Å². The number of aromatic nitrogens is 1. The summed E-state index contributed by atoms with van der Waals surface area (Å²) in [5.41, 5.74) is 2.90. The van der Waals surface area contributed by atoms with Crippen molar-refractivity contribution in [2.45, 2.75) is 19.4 Å². The molecule has 0 aliphatic heterocycles. The summed E-state index contributed by atoms with van der Waals surface area (Å²) < 4.78 is 27.4. The summed E-state index contributed by atoms with van der Waals surface area (Å²) in [7, 11) is 6.15. The van der Waals surface area contributed by atoms with Crippen molar-refractivity contribution < 1.29 is 33.3 Å². The minimum atomic E-state index is -0.929. The highest BCUT2D eigenvalue weighted by Crippen LogP contribution is 2.41. The number of benzene rings is 4. The lowest BCUT2D eigenvalue weighted by Gasteiger charge is -2.19. The zero-order valence-corrected chi connectivity index (χ0v) is 25.3. The second kappa shape index (κ2) is 13.3. The van der Waals surface area contributed by atoms with Crippen molar-refractivity contribution >= 4 is 33.6 Å². The normalized spacial score (nSPS) is 11.6. The Hall–Kier alpha value is -5.31. The van der Waals surface area contributed by atoms with Gasteiger partial charge in [0.1, 0.15) is 11.8 Å². The van der Waals surface area contributed by atoms with Crippen LogP contribution in [0.15, 0.2) is 78.9 Å². The van der Waals surface area contributed by atoms with E-state index in [-0.39, 0.29) is 13.0 Å². The zero-order chi connectivity index (χ0) is 31.2. The van der Waals surface area contributed by atoms with Crippen molar-refractivity contribution in [2.24, 2.45) is 0 Å². The topological polar surface area (TPSA) is 105 Å². The Morgan fingerprint density at radius 1 is 0.795 bits per heavy atom. The lowest BCUT2D eigenvalue weighted by atomic mass is 10.00. The number of carbonyl (C=O) groups is 2. The molecule has 1 aromatic heterocycles. The second-order valence-electron chi connectivity index (χ2n) is 10.0. The van der Waals surface area contributed by atoms with Crippen LogP contribution < -0.4 is 24.3 Å². The van der Waals surface area contributed by atoms with Gasteiger partial charge in [-0.05, 0) is 59.7 Å². The number of fused-ring (bicyclic) bond motifs is 2. The molecule has 0 aliphatic carbocycles. The van der Waals surface area contributed by atoms with Gasteiger partial charge in [0, 0.05) is 17.4 Å². The maximum atomic E-state index is 14.1. The quantitative estimate of drug-likeness (QED) is 0.186. The Balaban J connectivity index is 1.57. The van der Waals surface area contributed by atoms with E-state index in [9.17, 15) is 9.59 Å². The number of carbonyl (C=O) groups excluding carboxylic acids is 2. The van der Waals surface area contributed by atoms with Gasteiger partial charge in [-0.25, -0.2) is 9.78 Å².